The molecule has 0 aliphatic carbocycles. The van der Waals surface area contributed by atoms with Gasteiger partial charge in [-0.05, 0) is 41.6 Å². The van der Waals surface area contributed by atoms with Crippen molar-refractivity contribution in [3.63, 3.8) is 0 Å². The number of benzene rings is 3. The number of pyridine rings is 1. The Morgan fingerprint density at radius 2 is 1.81 bits per heavy atom. The number of methoxy groups -OCH3 is 1. The summed E-state index contributed by atoms with van der Waals surface area (Å²) in [5.74, 6) is 0.537. The monoisotopic (exact) mass is 523 g/mol. The molecule has 4 aromatic rings. The van der Waals surface area contributed by atoms with E-state index in [2.05, 4.69) is 10.3 Å². The van der Waals surface area contributed by atoms with Crippen LogP contribution in [0.1, 0.15) is 15.9 Å². The third kappa shape index (κ3) is 5.61. The number of hydrogen-bond acceptors (Lipinski definition) is 5. The molecule has 1 heterocycles. The molecule has 0 unspecified atom stereocenters. The van der Waals surface area contributed by atoms with Crippen LogP contribution in [0.25, 0.3) is 10.8 Å². The first kappa shape index (κ1) is 25.5. The number of alkyl halides is 1. The van der Waals surface area contributed by atoms with Gasteiger partial charge < -0.3 is 10.1 Å². The molecule has 1 aromatic heterocycles. The van der Waals surface area contributed by atoms with Gasteiger partial charge in [0.15, 0.2) is 0 Å². The second kappa shape index (κ2) is 11.4. The molecule has 186 valence electrons. The van der Waals surface area contributed by atoms with E-state index in [1.807, 2.05) is 24.3 Å². The van der Waals surface area contributed by atoms with Crippen molar-refractivity contribution in [2.75, 3.05) is 30.4 Å². The lowest BCUT2D eigenvalue weighted by Gasteiger charge is -2.25. The van der Waals surface area contributed by atoms with E-state index in [-0.39, 0.29) is 23.9 Å². The Kier molecular flexibility index (Phi) is 8.07. The number of sulfonamides is 1. The number of nitrogens with zero attached hydrogens (tertiary/aromatic N) is 2. The number of aromatic nitrogens is 1. The van der Waals surface area contributed by atoms with Crippen molar-refractivity contribution in [3.8, 4) is 5.88 Å². The summed E-state index contributed by atoms with van der Waals surface area (Å²) in [6, 6.07) is 22.9. The molecule has 0 aliphatic rings. The molecule has 0 radical (unpaired) electrons. The van der Waals surface area contributed by atoms with Crippen molar-refractivity contribution in [2.24, 2.45) is 0 Å². The number of hydrogen-bond donors (Lipinski definition) is 1. The van der Waals surface area contributed by atoms with Gasteiger partial charge in [-0.2, -0.15) is 0 Å². The molecule has 36 heavy (non-hydrogen) atoms. The number of fused-ring (bicyclic) bond motifs is 1. The smallest absolute Gasteiger partial charge is 0.265 e. The molecule has 9 heteroatoms. The summed E-state index contributed by atoms with van der Waals surface area (Å²) in [4.78, 5) is 17.1. The Balaban J connectivity index is 1.62. The lowest BCUT2D eigenvalue weighted by Crippen LogP contribution is -2.39. The SMILES string of the molecule is COc1ccc(N(CCNC(=O)c2cccc(CCCl)c2)S(=O)(=O)c2cccc3ccccc23)cn1. The van der Waals surface area contributed by atoms with Crippen LogP contribution in [0.2, 0.25) is 0 Å². The van der Waals surface area contributed by atoms with Crippen LogP contribution >= 0.6 is 11.6 Å². The summed E-state index contributed by atoms with van der Waals surface area (Å²) in [5.41, 5.74) is 1.82. The van der Waals surface area contributed by atoms with E-state index in [4.69, 9.17) is 16.3 Å². The minimum absolute atomic E-state index is 0.00662. The van der Waals surface area contributed by atoms with Crippen LogP contribution in [-0.4, -0.2) is 45.4 Å². The van der Waals surface area contributed by atoms with Gasteiger partial charge >= 0.3 is 0 Å². The lowest BCUT2D eigenvalue weighted by molar-refractivity contribution is 0.0954. The third-order valence-corrected chi connectivity index (χ3v) is 7.78. The molecule has 0 fully saturated rings. The van der Waals surface area contributed by atoms with Crippen LogP contribution in [-0.2, 0) is 16.4 Å². The van der Waals surface area contributed by atoms with E-state index in [1.54, 1.807) is 54.6 Å². The first-order valence-electron chi connectivity index (χ1n) is 11.4. The van der Waals surface area contributed by atoms with Crippen molar-refractivity contribution in [2.45, 2.75) is 11.3 Å². The Labute approximate surface area is 215 Å². The Morgan fingerprint density at radius 3 is 2.56 bits per heavy atom. The van der Waals surface area contributed by atoms with Gasteiger partial charge in [0.1, 0.15) is 0 Å². The topological polar surface area (TPSA) is 88.6 Å². The molecule has 0 saturated carbocycles. The zero-order chi connectivity index (χ0) is 25.5. The van der Waals surface area contributed by atoms with E-state index in [9.17, 15) is 13.2 Å². The number of carbonyl (C=O) groups excluding carboxylic acids is 1. The van der Waals surface area contributed by atoms with Crippen molar-refractivity contribution in [3.05, 3.63) is 96.2 Å². The van der Waals surface area contributed by atoms with Gasteiger partial charge in [0, 0.05) is 29.4 Å². The molecule has 0 saturated heterocycles. The Bertz CT molecular complexity index is 1450. The quantitative estimate of drug-likeness (QED) is 0.306. The predicted molar refractivity (Wildman–Crippen MR) is 142 cm³/mol. The highest BCUT2D eigenvalue weighted by Crippen LogP contribution is 2.29. The van der Waals surface area contributed by atoms with Crippen LogP contribution < -0.4 is 14.4 Å². The predicted octanol–water partition coefficient (Wildman–Crippen LogP) is 4.65. The number of anilines is 1. The van der Waals surface area contributed by atoms with Gasteiger partial charge in [-0.15, -0.1) is 11.6 Å². The van der Waals surface area contributed by atoms with Crippen LogP contribution in [0.15, 0.2) is 90.0 Å². The maximum absolute atomic E-state index is 13.9. The fourth-order valence-electron chi connectivity index (χ4n) is 3.92. The van der Waals surface area contributed by atoms with E-state index in [0.717, 1.165) is 10.9 Å². The van der Waals surface area contributed by atoms with Gasteiger partial charge in [0.2, 0.25) is 5.88 Å². The maximum Gasteiger partial charge on any atom is 0.265 e. The van der Waals surface area contributed by atoms with Crippen molar-refractivity contribution < 1.29 is 17.9 Å². The molecular weight excluding hydrogens is 498 g/mol. The highest BCUT2D eigenvalue weighted by Gasteiger charge is 2.27. The number of aryl methyl sites for hydroxylation is 1. The standard InChI is InChI=1S/C27H26ClN3O4S/c1-35-26-13-12-23(19-30-26)31(17-16-29-27(32)22-9-4-6-20(18-22)14-15-28)36(33,34)25-11-5-8-21-7-2-3-10-24(21)25/h2-13,18-19H,14-17H2,1H3,(H,29,32). The zero-order valence-electron chi connectivity index (χ0n) is 19.7. The summed E-state index contributed by atoms with van der Waals surface area (Å²) >= 11 is 5.82. The van der Waals surface area contributed by atoms with Gasteiger partial charge in [-0.25, -0.2) is 13.4 Å². The molecule has 0 spiro atoms. The van der Waals surface area contributed by atoms with E-state index >= 15 is 0 Å². The van der Waals surface area contributed by atoms with E-state index in [1.165, 1.54) is 17.6 Å². The van der Waals surface area contributed by atoms with Crippen LogP contribution in [0.5, 0.6) is 5.88 Å². The summed E-state index contributed by atoms with van der Waals surface area (Å²) in [6.07, 6.45) is 2.10. The minimum Gasteiger partial charge on any atom is -0.481 e. The fraction of sp³-hybridized carbons (Fsp3) is 0.185. The molecule has 0 atom stereocenters. The van der Waals surface area contributed by atoms with Crippen molar-refractivity contribution in [1.29, 1.82) is 0 Å². The molecule has 1 amide bonds. The summed E-state index contributed by atoms with van der Waals surface area (Å²) in [6.45, 7) is 0.0985. The van der Waals surface area contributed by atoms with Gasteiger partial charge in [0.25, 0.3) is 15.9 Å². The molecular formula is C27H26ClN3O4S. The average molecular weight is 524 g/mol. The van der Waals surface area contributed by atoms with Gasteiger partial charge in [-0.3, -0.25) is 9.10 Å². The Hall–Kier alpha value is -3.62. The number of ether oxygens (including phenoxy) is 1. The minimum atomic E-state index is -3.99. The fourth-order valence-corrected chi connectivity index (χ4v) is 5.81. The molecule has 7 nitrogen and oxygen atoms in total. The largest absolute Gasteiger partial charge is 0.481 e. The summed E-state index contributed by atoms with van der Waals surface area (Å²) in [5, 5.41) is 4.26. The first-order valence-corrected chi connectivity index (χ1v) is 13.3. The van der Waals surface area contributed by atoms with Crippen molar-refractivity contribution >= 4 is 44.0 Å². The van der Waals surface area contributed by atoms with Crippen molar-refractivity contribution in [1.82, 2.24) is 10.3 Å². The van der Waals surface area contributed by atoms with Gasteiger partial charge in [0.05, 0.1) is 30.4 Å². The molecule has 4 rings (SSSR count). The zero-order valence-corrected chi connectivity index (χ0v) is 21.3. The molecule has 1 N–H and O–H groups in total. The molecule has 0 bridgehead atoms. The number of rotatable bonds is 10. The van der Waals surface area contributed by atoms with Crippen LogP contribution in [0, 0.1) is 0 Å². The normalized spacial score (nSPS) is 11.3. The number of halogens is 1. The van der Waals surface area contributed by atoms with E-state index in [0.29, 0.717) is 34.8 Å². The second-order valence-electron chi connectivity index (χ2n) is 8.01. The number of nitrogens with one attached hydrogen (secondary N) is 1. The first-order chi connectivity index (χ1) is 17.4. The molecule has 0 aliphatic heterocycles. The highest BCUT2D eigenvalue weighted by molar-refractivity contribution is 7.93. The maximum atomic E-state index is 13.9. The second-order valence-corrected chi connectivity index (χ2v) is 10.2. The Morgan fingerprint density at radius 1 is 1.03 bits per heavy atom. The van der Waals surface area contributed by atoms with Crippen LogP contribution in [0.4, 0.5) is 5.69 Å². The number of carbonyl (C=O) groups is 1. The lowest BCUT2D eigenvalue weighted by atomic mass is 10.1. The number of amides is 1. The van der Waals surface area contributed by atoms with E-state index < -0.39 is 10.0 Å². The van der Waals surface area contributed by atoms with Crippen LogP contribution in [0.3, 0.4) is 0 Å². The highest BCUT2D eigenvalue weighted by atomic mass is 35.5. The molecule has 3 aromatic carbocycles. The summed E-state index contributed by atoms with van der Waals surface area (Å²) < 4.78 is 34.2. The summed E-state index contributed by atoms with van der Waals surface area (Å²) in [7, 11) is -2.50. The third-order valence-electron chi connectivity index (χ3n) is 5.71. The van der Waals surface area contributed by atoms with Gasteiger partial charge in [-0.1, -0.05) is 48.5 Å². The average Bonchev–Trinajstić information content (AvgIpc) is 2.91.